The minimum absolute atomic E-state index is 0.275. The van der Waals surface area contributed by atoms with Gasteiger partial charge < -0.3 is 14.5 Å². The molecular weight excluding hydrogens is 276 g/mol. The molecule has 4 heteroatoms. The number of likely N-dealkylation sites (N-methyl/N-ethyl adjacent to an activating group) is 1. The topological polar surface area (TPSA) is 32.8 Å². The number of carbonyl (C=O) groups excluding carboxylic acids is 1. The van der Waals surface area contributed by atoms with Crippen molar-refractivity contribution in [2.75, 3.05) is 40.3 Å². The van der Waals surface area contributed by atoms with Gasteiger partial charge in [-0.25, -0.2) is 0 Å². The van der Waals surface area contributed by atoms with Crippen LogP contribution in [-0.2, 0) is 4.79 Å². The molecular formula is C18H28N2O2. The maximum Gasteiger partial charge on any atom is 0.222 e. The van der Waals surface area contributed by atoms with E-state index in [2.05, 4.69) is 44.0 Å². The van der Waals surface area contributed by atoms with Gasteiger partial charge in [-0.1, -0.05) is 12.1 Å². The van der Waals surface area contributed by atoms with Crippen LogP contribution in [0.5, 0.6) is 5.75 Å². The smallest absolute Gasteiger partial charge is 0.222 e. The van der Waals surface area contributed by atoms with Crippen molar-refractivity contribution < 1.29 is 9.53 Å². The third-order valence-electron chi connectivity index (χ3n) is 4.37. The summed E-state index contributed by atoms with van der Waals surface area (Å²) >= 11 is 0. The molecule has 2 rings (SSSR count). The fourth-order valence-electron chi connectivity index (χ4n) is 2.95. The summed E-state index contributed by atoms with van der Waals surface area (Å²) in [5.74, 6) is 1.84. The second-order valence-electron chi connectivity index (χ2n) is 6.56. The van der Waals surface area contributed by atoms with Crippen LogP contribution in [0.3, 0.4) is 0 Å². The van der Waals surface area contributed by atoms with Crippen molar-refractivity contribution in [2.45, 2.75) is 26.7 Å². The van der Waals surface area contributed by atoms with Crippen LogP contribution < -0.4 is 4.74 Å². The number of rotatable bonds is 6. The van der Waals surface area contributed by atoms with Crippen molar-refractivity contribution in [1.82, 2.24) is 9.80 Å². The Kier molecular flexibility index (Phi) is 5.83. The van der Waals surface area contributed by atoms with Crippen LogP contribution in [0.25, 0.3) is 0 Å². The predicted octanol–water partition coefficient (Wildman–Crippen LogP) is 2.48. The van der Waals surface area contributed by atoms with E-state index in [1.54, 1.807) is 0 Å². The van der Waals surface area contributed by atoms with Crippen molar-refractivity contribution in [3.05, 3.63) is 29.3 Å². The first-order chi connectivity index (χ1) is 10.5. The molecule has 1 aromatic carbocycles. The molecule has 0 saturated carbocycles. The number of benzene rings is 1. The van der Waals surface area contributed by atoms with E-state index in [0.29, 0.717) is 18.9 Å². The summed E-state index contributed by atoms with van der Waals surface area (Å²) in [5, 5.41) is 0. The molecule has 1 amide bonds. The highest BCUT2D eigenvalue weighted by Gasteiger charge is 2.23. The van der Waals surface area contributed by atoms with Gasteiger partial charge in [0.25, 0.3) is 0 Å². The van der Waals surface area contributed by atoms with Crippen LogP contribution in [0.4, 0.5) is 0 Å². The minimum Gasteiger partial charge on any atom is -0.492 e. The van der Waals surface area contributed by atoms with Gasteiger partial charge in [0.15, 0.2) is 0 Å². The molecule has 1 unspecified atom stereocenters. The molecule has 22 heavy (non-hydrogen) atoms. The Morgan fingerprint density at radius 2 is 2.14 bits per heavy atom. The average molecular weight is 304 g/mol. The molecule has 0 aromatic heterocycles. The summed E-state index contributed by atoms with van der Waals surface area (Å²) in [6, 6.07) is 6.30. The van der Waals surface area contributed by atoms with E-state index in [4.69, 9.17) is 4.74 Å². The molecule has 122 valence electrons. The van der Waals surface area contributed by atoms with Crippen LogP contribution in [0, 0.1) is 19.8 Å². The van der Waals surface area contributed by atoms with Crippen molar-refractivity contribution in [3.63, 3.8) is 0 Å². The molecule has 0 radical (unpaired) electrons. The molecule has 1 saturated heterocycles. The Balaban J connectivity index is 1.72. The number of aryl methyl sites for hydroxylation is 2. The van der Waals surface area contributed by atoms with Crippen LogP contribution in [0.1, 0.15) is 24.0 Å². The lowest BCUT2D eigenvalue weighted by molar-refractivity contribution is -0.133. The standard InChI is InChI=1S/C18H28N2O2/c1-14-5-6-15(2)17(11-14)22-10-9-19(3)12-16-7-8-18(21)20(4)13-16/h5-6,11,16H,7-10,12-13H2,1-4H3. The van der Waals surface area contributed by atoms with Crippen molar-refractivity contribution in [1.29, 1.82) is 0 Å². The monoisotopic (exact) mass is 304 g/mol. The number of carbonyl (C=O) groups is 1. The predicted molar refractivity (Wildman–Crippen MR) is 89.3 cm³/mol. The third kappa shape index (κ3) is 4.73. The first kappa shape index (κ1) is 16.8. The Hall–Kier alpha value is -1.55. The quantitative estimate of drug-likeness (QED) is 0.809. The molecule has 0 aliphatic carbocycles. The van der Waals surface area contributed by atoms with E-state index >= 15 is 0 Å². The SMILES string of the molecule is Cc1ccc(C)c(OCCN(C)CC2CCC(=O)N(C)C2)c1. The molecule has 0 N–H and O–H groups in total. The van der Waals surface area contributed by atoms with E-state index in [9.17, 15) is 4.79 Å². The van der Waals surface area contributed by atoms with Crippen molar-refractivity contribution >= 4 is 5.91 Å². The highest BCUT2D eigenvalue weighted by Crippen LogP contribution is 2.19. The number of ether oxygens (including phenoxy) is 1. The highest BCUT2D eigenvalue weighted by atomic mass is 16.5. The van der Waals surface area contributed by atoms with Gasteiger partial charge in [-0.05, 0) is 50.4 Å². The Morgan fingerprint density at radius 1 is 1.36 bits per heavy atom. The van der Waals surface area contributed by atoms with Crippen LogP contribution in [0.15, 0.2) is 18.2 Å². The zero-order valence-corrected chi connectivity index (χ0v) is 14.3. The van der Waals surface area contributed by atoms with Gasteiger partial charge in [-0.3, -0.25) is 4.79 Å². The maximum absolute atomic E-state index is 11.5. The van der Waals surface area contributed by atoms with Crippen LogP contribution >= 0.6 is 0 Å². The summed E-state index contributed by atoms with van der Waals surface area (Å²) in [4.78, 5) is 15.7. The Bertz CT molecular complexity index is 516. The Labute approximate surface area is 134 Å². The van der Waals surface area contributed by atoms with Crippen LogP contribution in [0.2, 0.25) is 0 Å². The summed E-state index contributed by atoms with van der Waals surface area (Å²) in [6.07, 6.45) is 1.69. The lowest BCUT2D eigenvalue weighted by atomic mass is 9.97. The molecule has 1 fully saturated rings. The van der Waals surface area contributed by atoms with Crippen molar-refractivity contribution in [3.8, 4) is 5.75 Å². The molecule has 1 aromatic rings. The number of piperidine rings is 1. The summed E-state index contributed by atoms with van der Waals surface area (Å²) in [7, 11) is 4.03. The number of amides is 1. The molecule has 1 aliphatic rings. The first-order valence-corrected chi connectivity index (χ1v) is 8.08. The first-order valence-electron chi connectivity index (χ1n) is 8.08. The van der Waals surface area contributed by atoms with Gasteiger partial charge in [0, 0.05) is 33.1 Å². The number of hydrogen-bond acceptors (Lipinski definition) is 3. The van der Waals surface area contributed by atoms with Crippen molar-refractivity contribution in [2.24, 2.45) is 5.92 Å². The molecule has 1 heterocycles. The van der Waals surface area contributed by atoms with Gasteiger partial charge in [0.05, 0.1) is 0 Å². The van der Waals surface area contributed by atoms with E-state index in [1.165, 1.54) is 11.1 Å². The van der Waals surface area contributed by atoms with E-state index < -0.39 is 0 Å². The van der Waals surface area contributed by atoms with Gasteiger partial charge in [-0.2, -0.15) is 0 Å². The number of hydrogen-bond donors (Lipinski definition) is 0. The fraction of sp³-hybridized carbons (Fsp3) is 0.611. The molecule has 1 atom stereocenters. The van der Waals surface area contributed by atoms with Gasteiger partial charge in [0.1, 0.15) is 12.4 Å². The summed E-state index contributed by atoms with van der Waals surface area (Å²) < 4.78 is 5.91. The fourth-order valence-corrected chi connectivity index (χ4v) is 2.95. The molecule has 0 bridgehead atoms. The normalized spacial score (nSPS) is 18.9. The zero-order chi connectivity index (χ0) is 16.1. The van der Waals surface area contributed by atoms with E-state index in [0.717, 1.165) is 31.8 Å². The van der Waals surface area contributed by atoms with Crippen LogP contribution in [-0.4, -0.2) is 56.0 Å². The average Bonchev–Trinajstić information content (AvgIpc) is 2.46. The zero-order valence-electron chi connectivity index (χ0n) is 14.3. The molecule has 1 aliphatic heterocycles. The number of nitrogens with zero attached hydrogens (tertiary/aromatic N) is 2. The van der Waals surface area contributed by atoms with Gasteiger partial charge in [0.2, 0.25) is 5.91 Å². The largest absolute Gasteiger partial charge is 0.492 e. The highest BCUT2D eigenvalue weighted by molar-refractivity contribution is 5.76. The second-order valence-corrected chi connectivity index (χ2v) is 6.56. The second kappa shape index (κ2) is 7.63. The number of likely N-dealkylation sites (tertiary alicyclic amines) is 1. The lowest BCUT2D eigenvalue weighted by Crippen LogP contribution is -2.41. The van der Waals surface area contributed by atoms with Gasteiger partial charge in [-0.15, -0.1) is 0 Å². The van der Waals surface area contributed by atoms with Gasteiger partial charge >= 0.3 is 0 Å². The summed E-state index contributed by atoms with van der Waals surface area (Å²) in [6.45, 7) is 7.66. The van der Waals surface area contributed by atoms with E-state index in [1.807, 2.05) is 11.9 Å². The minimum atomic E-state index is 0.275. The molecule has 0 spiro atoms. The lowest BCUT2D eigenvalue weighted by Gasteiger charge is -2.32. The Morgan fingerprint density at radius 3 is 2.86 bits per heavy atom. The summed E-state index contributed by atoms with van der Waals surface area (Å²) in [5.41, 5.74) is 2.41. The molecule has 4 nitrogen and oxygen atoms in total. The third-order valence-corrected chi connectivity index (χ3v) is 4.37. The van der Waals surface area contributed by atoms with E-state index in [-0.39, 0.29) is 5.91 Å². The maximum atomic E-state index is 11.5.